The Balaban J connectivity index is 1.65. The number of hydrogen-bond donors (Lipinski definition) is 2. The van der Waals surface area contributed by atoms with Gasteiger partial charge in [-0.1, -0.05) is 20.8 Å². The summed E-state index contributed by atoms with van der Waals surface area (Å²) >= 11 is 0. The molecular formula is C26H34F2N6O3. The Morgan fingerprint density at radius 2 is 1.51 bits per heavy atom. The fourth-order valence-electron chi connectivity index (χ4n) is 4.90. The number of aromatic nitrogens is 2. The highest BCUT2D eigenvalue weighted by molar-refractivity contribution is 6.01. The van der Waals surface area contributed by atoms with Crippen LogP contribution in [0.4, 0.5) is 8.78 Å². The second-order valence-electron chi connectivity index (χ2n) is 10.9. The van der Waals surface area contributed by atoms with E-state index in [1.165, 1.54) is 14.5 Å². The molecule has 1 unspecified atom stereocenters. The number of benzene rings is 1. The van der Waals surface area contributed by atoms with Crippen LogP contribution in [-0.2, 0) is 17.3 Å². The molecule has 2 aliphatic rings. The molecule has 3 N–H and O–H groups in total. The van der Waals surface area contributed by atoms with Crippen molar-refractivity contribution in [2.45, 2.75) is 70.1 Å². The first-order chi connectivity index (χ1) is 17.3. The maximum Gasteiger partial charge on any atom is 0.274 e. The molecule has 1 aliphatic carbocycles. The molecule has 2 fully saturated rings. The molecule has 2 aromatic rings. The van der Waals surface area contributed by atoms with Gasteiger partial charge < -0.3 is 20.9 Å². The summed E-state index contributed by atoms with van der Waals surface area (Å²) in [6.07, 6.45) is 1.61. The van der Waals surface area contributed by atoms with Crippen molar-refractivity contribution in [3.63, 3.8) is 0 Å². The van der Waals surface area contributed by atoms with Crippen molar-refractivity contribution in [3.8, 4) is 0 Å². The van der Waals surface area contributed by atoms with E-state index < -0.39 is 35.5 Å². The Labute approximate surface area is 215 Å². The van der Waals surface area contributed by atoms with E-state index in [1.54, 1.807) is 13.1 Å². The monoisotopic (exact) mass is 516 g/mol. The van der Waals surface area contributed by atoms with E-state index in [4.69, 9.17) is 5.73 Å². The van der Waals surface area contributed by atoms with Crippen LogP contribution >= 0.6 is 0 Å². The van der Waals surface area contributed by atoms with Gasteiger partial charge in [0.1, 0.15) is 17.3 Å². The molecule has 1 aliphatic heterocycles. The minimum atomic E-state index is -1.28. The van der Waals surface area contributed by atoms with Crippen LogP contribution in [-0.4, -0.2) is 68.6 Å². The SMILES string of the molecule is Cn1nc(C(C)(C)C)cc1C(=O)N1CCN(C(=O)c2cc(F)cc(F)c2)C1C(=O)NC1CCC(N)CC1. The first kappa shape index (κ1) is 26.7. The summed E-state index contributed by atoms with van der Waals surface area (Å²) in [5.41, 5.74) is 6.43. The largest absolute Gasteiger partial charge is 0.350 e. The molecule has 1 aromatic heterocycles. The fraction of sp³-hybridized carbons (Fsp3) is 0.538. The van der Waals surface area contributed by atoms with Crippen LogP contribution in [0.1, 0.15) is 73.0 Å². The van der Waals surface area contributed by atoms with Crippen LogP contribution in [0, 0.1) is 11.6 Å². The number of nitrogens with one attached hydrogen (secondary N) is 1. The predicted molar refractivity (Wildman–Crippen MR) is 133 cm³/mol. The van der Waals surface area contributed by atoms with E-state index in [-0.39, 0.29) is 41.8 Å². The lowest BCUT2D eigenvalue weighted by Crippen LogP contribution is -2.56. The summed E-state index contributed by atoms with van der Waals surface area (Å²) in [7, 11) is 1.65. The molecule has 11 heteroatoms. The third kappa shape index (κ3) is 5.66. The van der Waals surface area contributed by atoms with Gasteiger partial charge in [-0.15, -0.1) is 0 Å². The maximum atomic E-state index is 13.9. The van der Waals surface area contributed by atoms with Crippen LogP contribution in [0.15, 0.2) is 24.3 Å². The van der Waals surface area contributed by atoms with Gasteiger partial charge in [0.2, 0.25) is 0 Å². The first-order valence-corrected chi connectivity index (χ1v) is 12.5. The minimum Gasteiger partial charge on any atom is -0.350 e. The van der Waals surface area contributed by atoms with E-state index in [9.17, 15) is 23.2 Å². The molecule has 37 heavy (non-hydrogen) atoms. The Hall–Kier alpha value is -3.34. The summed E-state index contributed by atoms with van der Waals surface area (Å²) in [6.45, 7) is 6.03. The summed E-state index contributed by atoms with van der Waals surface area (Å²) in [5, 5.41) is 7.43. The van der Waals surface area contributed by atoms with Crippen molar-refractivity contribution >= 4 is 17.7 Å². The van der Waals surface area contributed by atoms with Gasteiger partial charge in [-0.05, 0) is 43.9 Å². The molecule has 0 spiro atoms. The number of halogens is 2. The van der Waals surface area contributed by atoms with Crippen molar-refractivity contribution in [2.24, 2.45) is 12.8 Å². The number of nitrogens with two attached hydrogens (primary N) is 1. The van der Waals surface area contributed by atoms with Gasteiger partial charge in [-0.3, -0.25) is 19.1 Å². The van der Waals surface area contributed by atoms with Crippen LogP contribution in [0.2, 0.25) is 0 Å². The quantitative estimate of drug-likeness (QED) is 0.648. The summed E-state index contributed by atoms with van der Waals surface area (Å²) < 4.78 is 29.2. The Kier molecular flexibility index (Phi) is 7.36. The second kappa shape index (κ2) is 10.2. The molecule has 9 nitrogen and oxygen atoms in total. The Morgan fingerprint density at radius 1 is 0.946 bits per heavy atom. The van der Waals surface area contributed by atoms with Crippen LogP contribution < -0.4 is 11.1 Å². The van der Waals surface area contributed by atoms with Gasteiger partial charge in [0, 0.05) is 49.3 Å². The number of rotatable bonds is 4. The summed E-state index contributed by atoms with van der Waals surface area (Å²) in [6, 6.07) is 4.14. The fourth-order valence-corrected chi connectivity index (χ4v) is 4.90. The van der Waals surface area contributed by atoms with Crippen LogP contribution in [0.5, 0.6) is 0 Å². The van der Waals surface area contributed by atoms with Crippen LogP contribution in [0.25, 0.3) is 0 Å². The standard InChI is InChI=1S/C26H34F2N6O3/c1-26(2,3)21-14-20(32(4)31-21)25(37)34-10-9-33(24(36)15-11-16(27)13-17(28)12-15)23(34)22(35)30-19-7-5-18(29)6-8-19/h11-14,18-19,23H,5-10,29H2,1-4H3,(H,30,35). The van der Waals surface area contributed by atoms with Crippen molar-refractivity contribution in [1.29, 1.82) is 0 Å². The predicted octanol–water partition coefficient (Wildman–Crippen LogP) is 2.31. The summed E-state index contributed by atoms with van der Waals surface area (Å²) in [5.74, 6) is -3.52. The lowest BCUT2D eigenvalue weighted by Gasteiger charge is -2.32. The van der Waals surface area contributed by atoms with Crippen LogP contribution in [0.3, 0.4) is 0 Å². The van der Waals surface area contributed by atoms with Gasteiger partial charge in [0.05, 0.1) is 5.69 Å². The first-order valence-electron chi connectivity index (χ1n) is 12.5. The van der Waals surface area contributed by atoms with Gasteiger partial charge in [-0.25, -0.2) is 8.78 Å². The normalized spacial score (nSPS) is 22.3. The number of aryl methyl sites for hydroxylation is 1. The molecule has 1 saturated carbocycles. The molecule has 3 amide bonds. The average molecular weight is 517 g/mol. The average Bonchev–Trinajstić information content (AvgIpc) is 3.43. The van der Waals surface area contributed by atoms with Crippen molar-refractivity contribution in [3.05, 3.63) is 52.9 Å². The zero-order valence-corrected chi connectivity index (χ0v) is 21.6. The maximum absolute atomic E-state index is 13.9. The summed E-state index contributed by atoms with van der Waals surface area (Å²) in [4.78, 5) is 43.1. The molecule has 4 rings (SSSR count). The minimum absolute atomic E-state index is 0.0281. The van der Waals surface area contributed by atoms with E-state index in [2.05, 4.69) is 10.4 Å². The molecule has 2 heterocycles. The van der Waals surface area contributed by atoms with E-state index in [1.807, 2.05) is 20.8 Å². The lowest BCUT2D eigenvalue weighted by molar-refractivity contribution is -0.129. The molecular weight excluding hydrogens is 482 g/mol. The Bertz CT molecular complexity index is 1180. The van der Waals surface area contributed by atoms with Crippen molar-refractivity contribution < 1.29 is 23.2 Å². The molecule has 0 bridgehead atoms. The highest BCUT2D eigenvalue weighted by atomic mass is 19.1. The molecule has 1 atom stereocenters. The van der Waals surface area contributed by atoms with E-state index in [0.29, 0.717) is 24.6 Å². The highest BCUT2D eigenvalue weighted by Crippen LogP contribution is 2.26. The lowest BCUT2D eigenvalue weighted by atomic mass is 9.92. The van der Waals surface area contributed by atoms with Crippen molar-refractivity contribution in [1.82, 2.24) is 24.9 Å². The molecule has 0 radical (unpaired) electrons. The molecule has 1 aromatic carbocycles. The molecule has 1 saturated heterocycles. The zero-order valence-electron chi connectivity index (χ0n) is 21.6. The number of amides is 3. The van der Waals surface area contributed by atoms with Crippen molar-refractivity contribution in [2.75, 3.05) is 13.1 Å². The number of hydrogen-bond acceptors (Lipinski definition) is 5. The third-order valence-electron chi connectivity index (χ3n) is 7.02. The highest BCUT2D eigenvalue weighted by Gasteiger charge is 2.44. The van der Waals surface area contributed by atoms with E-state index >= 15 is 0 Å². The van der Waals surface area contributed by atoms with Gasteiger partial charge >= 0.3 is 0 Å². The van der Waals surface area contributed by atoms with Gasteiger partial charge in [-0.2, -0.15) is 5.10 Å². The van der Waals surface area contributed by atoms with Gasteiger partial charge in [0.15, 0.2) is 6.17 Å². The second-order valence-corrected chi connectivity index (χ2v) is 10.9. The number of nitrogens with zero attached hydrogens (tertiary/aromatic N) is 4. The topological polar surface area (TPSA) is 114 Å². The number of carbonyl (C=O) groups excluding carboxylic acids is 3. The number of carbonyl (C=O) groups is 3. The van der Waals surface area contributed by atoms with E-state index in [0.717, 1.165) is 25.0 Å². The Morgan fingerprint density at radius 3 is 2.05 bits per heavy atom. The third-order valence-corrected chi connectivity index (χ3v) is 7.02. The molecule has 200 valence electrons. The smallest absolute Gasteiger partial charge is 0.274 e. The zero-order chi connectivity index (χ0) is 27.1. The van der Waals surface area contributed by atoms with Gasteiger partial charge in [0.25, 0.3) is 17.7 Å².